The number of anilines is 3. The quantitative estimate of drug-likeness (QED) is 0.746. The summed E-state index contributed by atoms with van der Waals surface area (Å²) in [6.45, 7) is 6.11. The number of pyridine rings is 1. The number of hydrogen-bond donors (Lipinski definition) is 2. The van der Waals surface area contributed by atoms with Gasteiger partial charge >= 0.3 is 0 Å². The van der Waals surface area contributed by atoms with Crippen molar-refractivity contribution in [3.05, 3.63) is 48.2 Å². The largest absolute Gasteiger partial charge is 0.378 e. The van der Waals surface area contributed by atoms with E-state index in [0.717, 1.165) is 49.7 Å². The summed E-state index contributed by atoms with van der Waals surface area (Å²) in [6.07, 6.45) is 3.85. The second-order valence-corrected chi connectivity index (χ2v) is 6.28. The molecular formula is C20H26N4O2. The monoisotopic (exact) mass is 354 g/mol. The number of para-hydroxylation sites is 2. The molecule has 3 rings (SSSR count). The summed E-state index contributed by atoms with van der Waals surface area (Å²) >= 11 is 0. The van der Waals surface area contributed by atoms with Gasteiger partial charge in [0.2, 0.25) is 0 Å². The molecule has 1 amide bonds. The van der Waals surface area contributed by atoms with Gasteiger partial charge in [-0.3, -0.25) is 4.79 Å². The lowest BCUT2D eigenvalue weighted by Gasteiger charge is -2.30. The van der Waals surface area contributed by atoms with E-state index < -0.39 is 0 Å². The van der Waals surface area contributed by atoms with Gasteiger partial charge in [0.25, 0.3) is 5.91 Å². The Kier molecular flexibility index (Phi) is 6.44. The summed E-state index contributed by atoms with van der Waals surface area (Å²) in [4.78, 5) is 19.2. The molecule has 0 saturated carbocycles. The number of ether oxygens (including phenoxy) is 1. The van der Waals surface area contributed by atoms with Crippen molar-refractivity contribution in [2.75, 3.05) is 48.4 Å². The highest BCUT2D eigenvalue weighted by Gasteiger charge is 2.16. The molecule has 0 aliphatic carbocycles. The lowest BCUT2D eigenvalue weighted by atomic mass is 10.2. The van der Waals surface area contributed by atoms with Gasteiger partial charge in [0.05, 0.1) is 30.2 Å². The summed E-state index contributed by atoms with van der Waals surface area (Å²) in [5, 5.41) is 6.27. The molecule has 0 bridgehead atoms. The minimum atomic E-state index is -0.154. The van der Waals surface area contributed by atoms with Crippen LogP contribution in [-0.4, -0.2) is 43.7 Å². The Hall–Kier alpha value is -2.60. The van der Waals surface area contributed by atoms with Gasteiger partial charge in [0.15, 0.2) is 0 Å². The van der Waals surface area contributed by atoms with Gasteiger partial charge in [-0.15, -0.1) is 0 Å². The van der Waals surface area contributed by atoms with Crippen LogP contribution in [0.15, 0.2) is 42.6 Å². The topological polar surface area (TPSA) is 66.5 Å². The van der Waals surface area contributed by atoms with Crippen LogP contribution in [0.25, 0.3) is 0 Å². The first kappa shape index (κ1) is 18.2. The average Bonchev–Trinajstić information content (AvgIpc) is 2.70. The molecule has 2 N–H and O–H groups in total. The van der Waals surface area contributed by atoms with Crippen LogP contribution in [0.5, 0.6) is 0 Å². The third kappa shape index (κ3) is 4.73. The average molecular weight is 354 g/mol. The zero-order valence-corrected chi connectivity index (χ0v) is 15.2. The summed E-state index contributed by atoms with van der Waals surface area (Å²) < 4.78 is 5.41. The maximum absolute atomic E-state index is 12.6. The zero-order valence-electron chi connectivity index (χ0n) is 15.2. The summed E-state index contributed by atoms with van der Waals surface area (Å²) in [6, 6.07) is 11.5. The number of rotatable bonds is 7. The van der Waals surface area contributed by atoms with E-state index in [4.69, 9.17) is 4.74 Å². The van der Waals surface area contributed by atoms with Crippen LogP contribution in [0.2, 0.25) is 0 Å². The van der Waals surface area contributed by atoms with Crippen LogP contribution in [0.3, 0.4) is 0 Å². The van der Waals surface area contributed by atoms with E-state index in [1.165, 1.54) is 0 Å². The fourth-order valence-corrected chi connectivity index (χ4v) is 2.88. The molecule has 0 unspecified atom stereocenters. The highest BCUT2D eigenvalue weighted by atomic mass is 16.5. The van der Waals surface area contributed by atoms with E-state index >= 15 is 0 Å². The molecule has 6 heteroatoms. The third-order valence-electron chi connectivity index (χ3n) is 4.37. The second kappa shape index (κ2) is 9.20. The molecule has 1 aromatic carbocycles. The van der Waals surface area contributed by atoms with Crippen LogP contribution in [0.1, 0.15) is 30.1 Å². The molecule has 1 fully saturated rings. The van der Waals surface area contributed by atoms with E-state index in [9.17, 15) is 4.79 Å². The highest BCUT2D eigenvalue weighted by Crippen LogP contribution is 2.26. The van der Waals surface area contributed by atoms with Gasteiger partial charge in [-0.25, -0.2) is 4.98 Å². The standard InChI is InChI=1S/C20H26N4O2/c1-2-3-10-21-19-9-8-16(15-22-19)20(25)23-17-6-4-5-7-18(17)24-11-13-26-14-12-24/h4-9,15H,2-3,10-14H2,1H3,(H,21,22)(H,23,25). The number of nitrogens with zero attached hydrogens (tertiary/aromatic N) is 2. The number of unbranched alkanes of at least 4 members (excludes halogenated alkanes) is 1. The van der Waals surface area contributed by atoms with E-state index in [0.29, 0.717) is 18.8 Å². The highest BCUT2D eigenvalue weighted by molar-refractivity contribution is 6.05. The molecule has 2 aromatic rings. The van der Waals surface area contributed by atoms with Crippen molar-refractivity contribution in [2.45, 2.75) is 19.8 Å². The van der Waals surface area contributed by atoms with Gasteiger partial charge in [-0.2, -0.15) is 0 Å². The van der Waals surface area contributed by atoms with Crippen molar-refractivity contribution < 1.29 is 9.53 Å². The fraction of sp³-hybridized carbons (Fsp3) is 0.400. The molecule has 0 atom stereocenters. The van der Waals surface area contributed by atoms with E-state index in [-0.39, 0.29) is 5.91 Å². The summed E-state index contributed by atoms with van der Waals surface area (Å²) in [7, 11) is 0. The van der Waals surface area contributed by atoms with Crippen molar-refractivity contribution in [3.63, 3.8) is 0 Å². The van der Waals surface area contributed by atoms with Gasteiger partial charge in [-0.05, 0) is 30.7 Å². The number of amides is 1. The van der Waals surface area contributed by atoms with Gasteiger partial charge in [0, 0.05) is 25.8 Å². The normalized spacial score (nSPS) is 14.1. The van der Waals surface area contributed by atoms with E-state index in [1.807, 2.05) is 30.3 Å². The maximum atomic E-state index is 12.6. The molecule has 2 heterocycles. The van der Waals surface area contributed by atoms with Crippen LogP contribution in [0.4, 0.5) is 17.2 Å². The predicted octanol–water partition coefficient (Wildman–Crippen LogP) is 3.38. The van der Waals surface area contributed by atoms with Crippen molar-refractivity contribution in [1.82, 2.24) is 4.98 Å². The molecule has 1 aliphatic rings. The molecule has 6 nitrogen and oxygen atoms in total. The van der Waals surface area contributed by atoms with E-state index in [2.05, 4.69) is 27.4 Å². The van der Waals surface area contributed by atoms with Gasteiger partial charge < -0.3 is 20.3 Å². The Morgan fingerprint density at radius 3 is 2.73 bits per heavy atom. The second-order valence-electron chi connectivity index (χ2n) is 6.28. The Bertz CT molecular complexity index is 712. The fourth-order valence-electron chi connectivity index (χ4n) is 2.88. The lowest BCUT2D eigenvalue weighted by molar-refractivity contribution is 0.102. The Morgan fingerprint density at radius 1 is 1.19 bits per heavy atom. The van der Waals surface area contributed by atoms with Crippen LogP contribution in [-0.2, 0) is 4.74 Å². The van der Waals surface area contributed by atoms with Crippen molar-refractivity contribution in [3.8, 4) is 0 Å². The summed E-state index contributed by atoms with van der Waals surface area (Å²) in [5.41, 5.74) is 2.38. The predicted molar refractivity (Wildman–Crippen MR) is 105 cm³/mol. The van der Waals surface area contributed by atoms with Crippen LogP contribution < -0.4 is 15.5 Å². The Balaban J connectivity index is 1.66. The Labute approximate surface area is 154 Å². The molecule has 26 heavy (non-hydrogen) atoms. The minimum absolute atomic E-state index is 0.154. The maximum Gasteiger partial charge on any atom is 0.257 e. The van der Waals surface area contributed by atoms with Crippen LogP contribution in [0, 0.1) is 0 Å². The van der Waals surface area contributed by atoms with Crippen molar-refractivity contribution in [2.24, 2.45) is 0 Å². The van der Waals surface area contributed by atoms with Gasteiger partial charge in [-0.1, -0.05) is 25.5 Å². The number of carbonyl (C=O) groups excluding carboxylic acids is 1. The number of carbonyl (C=O) groups is 1. The molecule has 138 valence electrons. The summed E-state index contributed by atoms with van der Waals surface area (Å²) in [5.74, 6) is 0.641. The third-order valence-corrected chi connectivity index (χ3v) is 4.37. The molecule has 1 saturated heterocycles. The number of hydrogen-bond acceptors (Lipinski definition) is 5. The first-order valence-corrected chi connectivity index (χ1v) is 9.21. The van der Waals surface area contributed by atoms with Crippen molar-refractivity contribution >= 4 is 23.1 Å². The lowest BCUT2D eigenvalue weighted by Crippen LogP contribution is -2.36. The molecule has 0 radical (unpaired) electrons. The van der Waals surface area contributed by atoms with Crippen molar-refractivity contribution in [1.29, 1.82) is 0 Å². The number of aromatic nitrogens is 1. The minimum Gasteiger partial charge on any atom is -0.378 e. The molecular weight excluding hydrogens is 328 g/mol. The first-order valence-electron chi connectivity index (χ1n) is 9.21. The van der Waals surface area contributed by atoms with Gasteiger partial charge in [0.1, 0.15) is 5.82 Å². The Morgan fingerprint density at radius 2 is 2.00 bits per heavy atom. The SMILES string of the molecule is CCCCNc1ccc(C(=O)Nc2ccccc2N2CCOCC2)cn1. The smallest absolute Gasteiger partial charge is 0.257 e. The van der Waals surface area contributed by atoms with Crippen LogP contribution >= 0.6 is 0 Å². The number of benzene rings is 1. The molecule has 0 spiro atoms. The first-order chi connectivity index (χ1) is 12.8. The molecule has 1 aromatic heterocycles. The van der Waals surface area contributed by atoms with E-state index in [1.54, 1.807) is 12.3 Å². The molecule has 1 aliphatic heterocycles. The number of nitrogens with one attached hydrogen (secondary N) is 2. The zero-order chi connectivity index (χ0) is 18.2. The number of morpholine rings is 1.